The van der Waals surface area contributed by atoms with E-state index in [1.54, 1.807) is 4.90 Å². The Morgan fingerprint density at radius 1 is 1.28 bits per heavy atom. The molecular formula is C15H19NO2. The normalized spacial score (nSPS) is 15.9. The molecule has 1 amide bonds. The quantitative estimate of drug-likeness (QED) is 0.767. The van der Waals surface area contributed by atoms with Crippen LogP contribution in [0.15, 0.2) is 18.2 Å². The van der Waals surface area contributed by atoms with E-state index in [2.05, 4.69) is 0 Å². The van der Waals surface area contributed by atoms with Gasteiger partial charge in [0.1, 0.15) is 0 Å². The summed E-state index contributed by atoms with van der Waals surface area (Å²) in [7, 11) is 0. The number of hydrogen-bond donors (Lipinski definition) is 0. The number of likely N-dealkylation sites (tertiary alicyclic amines) is 1. The highest BCUT2D eigenvalue weighted by atomic mass is 16.2. The molecule has 1 aromatic rings. The second-order valence-electron chi connectivity index (χ2n) is 5.01. The molecule has 0 unspecified atom stereocenters. The Hall–Kier alpha value is -1.64. The fourth-order valence-electron chi connectivity index (χ4n) is 2.32. The maximum absolute atomic E-state index is 12.2. The molecular weight excluding hydrogens is 226 g/mol. The van der Waals surface area contributed by atoms with Crippen LogP contribution in [0.1, 0.15) is 40.7 Å². The first-order valence-electron chi connectivity index (χ1n) is 6.46. The third kappa shape index (κ3) is 2.78. The van der Waals surface area contributed by atoms with Crippen molar-refractivity contribution in [2.24, 2.45) is 0 Å². The van der Waals surface area contributed by atoms with Crippen LogP contribution in [0.5, 0.6) is 0 Å². The molecule has 1 aliphatic rings. The Morgan fingerprint density at radius 2 is 2.06 bits per heavy atom. The summed E-state index contributed by atoms with van der Waals surface area (Å²) in [5.41, 5.74) is 2.80. The number of piperidine rings is 1. The Bertz CT molecular complexity index is 479. The zero-order valence-electron chi connectivity index (χ0n) is 11.0. The zero-order chi connectivity index (χ0) is 13.1. The number of ketones is 1. The summed E-state index contributed by atoms with van der Waals surface area (Å²) in [6.45, 7) is 4.85. The lowest BCUT2D eigenvalue weighted by atomic mass is 10.0. The number of nitrogens with zero attached hydrogens (tertiary/aromatic N) is 1. The van der Waals surface area contributed by atoms with E-state index in [-0.39, 0.29) is 18.2 Å². The lowest BCUT2D eigenvalue weighted by Crippen LogP contribution is -2.39. The molecule has 1 saturated heterocycles. The molecule has 3 heteroatoms. The molecule has 0 aromatic heterocycles. The number of Topliss-reactive ketones (excluding diaryl/α,β-unsaturated/α-hetero) is 1. The minimum Gasteiger partial charge on any atom is -0.335 e. The van der Waals surface area contributed by atoms with Crippen molar-refractivity contribution in [3.8, 4) is 0 Å². The summed E-state index contributed by atoms with van der Waals surface area (Å²) in [6.07, 6.45) is 2.54. The molecule has 1 aromatic carbocycles. The summed E-state index contributed by atoms with van der Waals surface area (Å²) in [4.78, 5) is 25.6. The van der Waals surface area contributed by atoms with E-state index in [9.17, 15) is 9.59 Å². The van der Waals surface area contributed by atoms with Crippen LogP contribution in [0.2, 0.25) is 0 Å². The van der Waals surface area contributed by atoms with Crippen LogP contribution in [-0.4, -0.2) is 29.7 Å². The molecule has 0 atom stereocenters. The van der Waals surface area contributed by atoms with E-state index < -0.39 is 0 Å². The largest absolute Gasteiger partial charge is 0.335 e. The number of aryl methyl sites for hydroxylation is 2. The number of hydrogen-bond acceptors (Lipinski definition) is 2. The monoisotopic (exact) mass is 245 g/mol. The highest BCUT2D eigenvalue weighted by molar-refractivity contribution is 6.00. The van der Waals surface area contributed by atoms with Gasteiger partial charge >= 0.3 is 0 Å². The average Bonchev–Trinajstić information content (AvgIpc) is 2.35. The van der Waals surface area contributed by atoms with Crippen LogP contribution in [-0.2, 0) is 4.79 Å². The van der Waals surface area contributed by atoms with Crippen LogP contribution in [0.4, 0.5) is 0 Å². The van der Waals surface area contributed by atoms with Gasteiger partial charge in [0.15, 0.2) is 5.78 Å². The first-order valence-corrected chi connectivity index (χ1v) is 6.46. The van der Waals surface area contributed by atoms with Crippen molar-refractivity contribution in [3.63, 3.8) is 0 Å². The van der Waals surface area contributed by atoms with Gasteiger partial charge in [-0.3, -0.25) is 9.59 Å². The summed E-state index contributed by atoms with van der Waals surface area (Å²) >= 11 is 0. The van der Waals surface area contributed by atoms with Crippen molar-refractivity contribution in [3.05, 3.63) is 34.9 Å². The van der Waals surface area contributed by atoms with Crippen LogP contribution in [0.25, 0.3) is 0 Å². The molecule has 3 nitrogen and oxygen atoms in total. The molecule has 2 rings (SSSR count). The zero-order valence-corrected chi connectivity index (χ0v) is 11.0. The van der Waals surface area contributed by atoms with Crippen molar-refractivity contribution in [1.82, 2.24) is 4.90 Å². The lowest BCUT2D eigenvalue weighted by Gasteiger charge is -2.26. The Kier molecular flexibility index (Phi) is 3.80. The fourth-order valence-corrected chi connectivity index (χ4v) is 2.32. The van der Waals surface area contributed by atoms with Crippen molar-refractivity contribution < 1.29 is 9.59 Å². The molecule has 0 radical (unpaired) electrons. The maximum atomic E-state index is 12.2. The van der Waals surface area contributed by atoms with Gasteiger partial charge in [-0.05, 0) is 38.3 Å². The molecule has 0 saturated carbocycles. The number of carbonyl (C=O) groups is 2. The predicted octanol–water partition coefficient (Wildman–Crippen LogP) is 2.50. The Morgan fingerprint density at radius 3 is 2.78 bits per heavy atom. The lowest BCUT2D eigenvalue weighted by molar-refractivity contribution is -0.132. The van der Waals surface area contributed by atoms with Crippen LogP contribution in [0, 0.1) is 13.8 Å². The van der Waals surface area contributed by atoms with Gasteiger partial charge in [0.2, 0.25) is 5.91 Å². The number of carbonyl (C=O) groups excluding carboxylic acids is 2. The highest BCUT2D eigenvalue weighted by Crippen LogP contribution is 2.15. The standard InChI is InChI=1S/C15H19NO2/c1-11-6-7-12(2)13(9-11)14(17)10-16-8-4-3-5-15(16)18/h6-7,9H,3-5,8,10H2,1-2H3. The predicted molar refractivity (Wildman–Crippen MR) is 70.7 cm³/mol. The number of benzene rings is 1. The number of amides is 1. The molecule has 0 N–H and O–H groups in total. The third-order valence-corrected chi connectivity index (χ3v) is 3.45. The van der Waals surface area contributed by atoms with E-state index in [0.717, 1.165) is 36.1 Å². The van der Waals surface area contributed by atoms with E-state index in [1.807, 2.05) is 32.0 Å². The van der Waals surface area contributed by atoms with Crippen LogP contribution < -0.4 is 0 Å². The van der Waals surface area contributed by atoms with E-state index in [1.165, 1.54) is 0 Å². The highest BCUT2D eigenvalue weighted by Gasteiger charge is 2.21. The number of rotatable bonds is 3. The van der Waals surface area contributed by atoms with Gasteiger partial charge < -0.3 is 4.90 Å². The SMILES string of the molecule is Cc1ccc(C)c(C(=O)CN2CCCCC2=O)c1. The maximum Gasteiger partial charge on any atom is 0.222 e. The molecule has 0 aliphatic carbocycles. The van der Waals surface area contributed by atoms with Gasteiger partial charge in [0.05, 0.1) is 6.54 Å². The van der Waals surface area contributed by atoms with Gasteiger partial charge in [-0.2, -0.15) is 0 Å². The molecule has 0 bridgehead atoms. The molecule has 1 heterocycles. The van der Waals surface area contributed by atoms with Gasteiger partial charge in [0, 0.05) is 18.5 Å². The molecule has 96 valence electrons. The van der Waals surface area contributed by atoms with Gasteiger partial charge in [-0.1, -0.05) is 17.7 Å². The van der Waals surface area contributed by atoms with Crippen molar-refractivity contribution >= 4 is 11.7 Å². The van der Waals surface area contributed by atoms with E-state index in [0.29, 0.717) is 6.42 Å². The van der Waals surface area contributed by atoms with E-state index >= 15 is 0 Å². The second-order valence-corrected chi connectivity index (χ2v) is 5.01. The Labute approximate surface area is 108 Å². The van der Waals surface area contributed by atoms with Gasteiger partial charge in [0.25, 0.3) is 0 Å². The molecule has 0 spiro atoms. The molecule has 1 aliphatic heterocycles. The van der Waals surface area contributed by atoms with Crippen LogP contribution >= 0.6 is 0 Å². The van der Waals surface area contributed by atoms with Crippen molar-refractivity contribution in [2.75, 3.05) is 13.1 Å². The average molecular weight is 245 g/mol. The van der Waals surface area contributed by atoms with E-state index in [4.69, 9.17) is 0 Å². The molecule has 18 heavy (non-hydrogen) atoms. The van der Waals surface area contributed by atoms with Gasteiger partial charge in [-0.15, -0.1) is 0 Å². The van der Waals surface area contributed by atoms with Crippen LogP contribution in [0.3, 0.4) is 0 Å². The summed E-state index contributed by atoms with van der Waals surface area (Å²) in [6, 6.07) is 5.87. The minimum atomic E-state index is 0.0476. The third-order valence-electron chi connectivity index (χ3n) is 3.45. The second kappa shape index (κ2) is 5.34. The Balaban J connectivity index is 2.11. The summed E-state index contributed by atoms with van der Waals surface area (Å²) in [5.74, 6) is 0.159. The topological polar surface area (TPSA) is 37.4 Å². The minimum absolute atomic E-state index is 0.0476. The first kappa shape index (κ1) is 12.8. The van der Waals surface area contributed by atoms with Gasteiger partial charge in [-0.25, -0.2) is 0 Å². The summed E-state index contributed by atoms with van der Waals surface area (Å²) in [5, 5.41) is 0. The first-order chi connectivity index (χ1) is 8.58. The smallest absolute Gasteiger partial charge is 0.222 e. The fraction of sp³-hybridized carbons (Fsp3) is 0.467. The molecule has 1 fully saturated rings. The summed E-state index contributed by atoms with van der Waals surface area (Å²) < 4.78 is 0. The van der Waals surface area contributed by atoms with Crippen molar-refractivity contribution in [2.45, 2.75) is 33.1 Å². The van der Waals surface area contributed by atoms with Crippen molar-refractivity contribution in [1.29, 1.82) is 0 Å².